The Kier molecular flexibility index (Phi) is 6.24. The zero-order valence-corrected chi connectivity index (χ0v) is 16.7. The van der Waals surface area contributed by atoms with Crippen molar-refractivity contribution in [1.82, 2.24) is 4.98 Å². The molecule has 3 aromatic rings. The number of benzene rings is 2. The van der Waals surface area contributed by atoms with Gasteiger partial charge in [0.05, 0.1) is 23.9 Å². The lowest BCUT2D eigenvalue weighted by Crippen LogP contribution is -2.14. The average Bonchev–Trinajstić information content (AvgIpc) is 2.75. The molecule has 0 spiro atoms. The van der Waals surface area contributed by atoms with Crippen LogP contribution in [0.25, 0.3) is 0 Å². The molecule has 6 nitrogen and oxygen atoms in total. The highest BCUT2D eigenvalue weighted by molar-refractivity contribution is 6.05. The second-order valence-electron chi connectivity index (χ2n) is 6.51. The van der Waals surface area contributed by atoms with Crippen LogP contribution in [0, 0.1) is 6.92 Å². The maximum absolute atomic E-state index is 12.7. The fourth-order valence-corrected chi connectivity index (χ4v) is 3.01. The Morgan fingerprint density at radius 3 is 2.52 bits per heavy atom. The summed E-state index contributed by atoms with van der Waals surface area (Å²) in [5.74, 6) is -0.139. The van der Waals surface area contributed by atoms with Gasteiger partial charge in [-0.2, -0.15) is 0 Å². The number of anilines is 3. The van der Waals surface area contributed by atoms with Crippen LogP contribution in [0.3, 0.4) is 0 Å². The molecule has 29 heavy (non-hydrogen) atoms. The first-order chi connectivity index (χ1) is 14.0. The molecule has 0 saturated carbocycles. The van der Waals surface area contributed by atoms with Crippen LogP contribution in [0.4, 0.5) is 17.2 Å². The largest absolute Gasteiger partial charge is 0.465 e. The van der Waals surface area contributed by atoms with Gasteiger partial charge in [-0.15, -0.1) is 0 Å². The minimum atomic E-state index is -0.436. The number of esters is 1. The molecular weight excluding hydrogens is 366 g/mol. The molecule has 0 bridgehead atoms. The van der Waals surface area contributed by atoms with E-state index in [1.54, 1.807) is 30.3 Å². The van der Waals surface area contributed by atoms with E-state index in [0.717, 1.165) is 23.2 Å². The van der Waals surface area contributed by atoms with Crippen molar-refractivity contribution < 1.29 is 14.3 Å². The van der Waals surface area contributed by atoms with Crippen molar-refractivity contribution in [2.75, 3.05) is 17.7 Å². The van der Waals surface area contributed by atoms with Gasteiger partial charge in [-0.25, -0.2) is 9.78 Å². The van der Waals surface area contributed by atoms with E-state index in [-0.39, 0.29) is 5.91 Å². The third kappa shape index (κ3) is 4.60. The first-order valence-electron chi connectivity index (χ1n) is 9.33. The second kappa shape index (κ2) is 9.01. The number of pyridine rings is 1. The predicted molar refractivity (Wildman–Crippen MR) is 114 cm³/mol. The van der Waals surface area contributed by atoms with E-state index in [1.807, 2.05) is 31.2 Å². The Bertz CT molecular complexity index is 1030. The van der Waals surface area contributed by atoms with Crippen molar-refractivity contribution in [3.63, 3.8) is 0 Å². The van der Waals surface area contributed by atoms with Crippen LogP contribution in [-0.2, 0) is 11.2 Å². The van der Waals surface area contributed by atoms with Crippen LogP contribution < -0.4 is 10.6 Å². The summed E-state index contributed by atoms with van der Waals surface area (Å²) in [7, 11) is 1.34. The molecule has 0 aliphatic carbocycles. The number of carbonyl (C=O) groups excluding carboxylic acids is 2. The summed E-state index contributed by atoms with van der Waals surface area (Å²) in [6, 6.07) is 16.3. The van der Waals surface area contributed by atoms with Crippen LogP contribution >= 0.6 is 0 Å². The Balaban J connectivity index is 1.76. The van der Waals surface area contributed by atoms with Gasteiger partial charge in [0.25, 0.3) is 5.91 Å². The summed E-state index contributed by atoms with van der Waals surface area (Å²) < 4.78 is 4.80. The smallest absolute Gasteiger partial charge is 0.339 e. The lowest BCUT2D eigenvalue weighted by molar-refractivity contribution is 0.0601. The zero-order valence-electron chi connectivity index (χ0n) is 16.7. The van der Waals surface area contributed by atoms with Crippen molar-refractivity contribution in [2.24, 2.45) is 0 Å². The monoisotopic (exact) mass is 389 g/mol. The topological polar surface area (TPSA) is 80.3 Å². The van der Waals surface area contributed by atoms with Crippen molar-refractivity contribution in [3.05, 3.63) is 83.0 Å². The molecule has 2 aromatic carbocycles. The summed E-state index contributed by atoms with van der Waals surface area (Å²) in [5.41, 5.74) is 4.38. The quantitative estimate of drug-likeness (QED) is 0.596. The number of aryl methyl sites for hydroxylation is 2. The highest BCUT2D eigenvalue weighted by atomic mass is 16.5. The minimum Gasteiger partial charge on any atom is -0.465 e. The number of rotatable bonds is 6. The Morgan fingerprint density at radius 1 is 1.03 bits per heavy atom. The van der Waals surface area contributed by atoms with Crippen LogP contribution in [0.5, 0.6) is 0 Å². The van der Waals surface area contributed by atoms with Gasteiger partial charge in [0.15, 0.2) is 0 Å². The number of nitrogens with one attached hydrogen (secondary N) is 2. The van der Waals surface area contributed by atoms with Crippen molar-refractivity contribution in [3.8, 4) is 0 Å². The molecule has 0 radical (unpaired) electrons. The van der Waals surface area contributed by atoms with Crippen LogP contribution in [0.2, 0.25) is 0 Å². The van der Waals surface area contributed by atoms with Gasteiger partial charge in [0.2, 0.25) is 0 Å². The number of methoxy groups -OCH3 is 1. The number of para-hydroxylation sites is 2. The fraction of sp³-hybridized carbons (Fsp3) is 0.174. The number of hydrogen-bond acceptors (Lipinski definition) is 5. The maximum atomic E-state index is 12.7. The minimum absolute atomic E-state index is 0.219. The van der Waals surface area contributed by atoms with E-state index in [9.17, 15) is 9.59 Å². The third-order valence-electron chi connectivity index (χ3n) is 4.60. The molecular formula is C23H23N3O3. The molecule has 1 amide bonds. The Labute approximate surface area is 169 Å². The lowest BCUT2D eigenvalue weighted by Gasteiger charge is -2.13. The van der Waals surface area contributed by atoms with Crippen molar-refractivity contribution in [2.45, 2.75) is 20.3 Å². The van der Waals surface area contributed by atoms with E-state index in [4.69, 9.17) is 4.74 Å². The molecule has 2 N–H and O–H groups in total. The summed E-state index contributed by atoms with van der Waals surface area (Å²) in [4.78, 5) is 28.8. The second-order valence-corrected chi connectivity index (χ2v) is 6.51. The summed E-state index contributed by atoms with van der Waals surface area (Å²) >= 11 is 0. The standard InChI is InChI=1S/C23H23N3O3/c1-4-16-9-7-8-15(2)21(16)26-22(27)17-12-13-20(24-14-17)25-19-11-6-5-10-18(19)23(28)29-3/h5-14H,4H2,1-3H3,(H,24,25)(H,26,27). The molecule has 1 aromatic heterocycles. The van der Waals surface area contributed by atoms with Crippen LogP contribution in [0.1, 0.15) is 38.8 Å². The van der Waals surface area contributed by atoms with E-state index in [1.165, 1.54) is 13.3 Å². The van der Waals surface area contributed by atoms with Gasteiger partial charge in [0, 0.05) is 11.9 Å². The van der Waals surface area contributed by atoms with E-state index < -0.39 is 5.97 Å². The molecule has 0 saturated heterocycles. The number of hydrogen-bond donors (Lipinski definition) is 2. The SMILES string of the molecule is CCc1cccc(C)c1NC(=O)c1ccc(Nc2ccccc2C(=O)OC)nc1. The Hall–Kier alpha value is -3.67. The molecule has 6 heteroatoms. The molecule has 0 fully saturated rings. The summed E-state index contributed by atoms with van der Waals surface area (Å²) in [5, 5.41) is 6.07. The predicted octanol–water partition coefficient (Wildman–Crippen LogP) is 4.73. The number of aromatic nitrogens is 1. The van der Waals surface area contributed by atoms with Gasteiger partial charge < -0.3 is 15.4 Å². The van der Waals surface area contributed by atoms with Crippen molar-refractivity contribution >= 4 is 29.1 Å². The molecule has 0 aliphatic heterocycles. The number of carbonyl (C=O) groups is 2. The normalized spacial score (nSPS) is 10.3. The van der Waals surface area contributed by atoms with Gasteiger partial charge in [-0.1, -0.05) is 37.3 Å². The van der Waals surface area contributed by atoms with Gasteiger partial charge >= 0.3 is 5.97 Å². The molecule has 3 rings (SSSR count). The summed E-state index contributed by atoms with van der Waals surface area (Å²) in [6.45, 7) is 4.03. The maximum Gasteiger partial charge on any atom is 0.339 e. The summed E-state index contributed by atoms with van der Waals surface area (Å²) in [6.07, 6.45) is 2.33. The van der Waals surface area contributed by atoms with Crippen LogP contribution in [-0.4, -0.2) is 24.0 Å². The van der Waals surface area contributed by atoms with E-state index in [2.05, 4.69) is 22.5 Å². The fourth-order valence-electron chi connectivity index (χ4n) is 3.01. The number of nitrogens with zero attached hydrogens (tertiary/aromatic N) is 1. The van der Waals surface area contributed by atoms with Gasteiger partial charge in [0.1, 0.15) is 5.82 Å². The first-order valence-corrected chi connectivity index (χ1v) is 9.33. The highest BCUT2D eigenvalue weighted by Crippen LogP contribution is 2.23. The van der Waals surface area contributed by atoms with Gasteiger partial charge in [-0.3, -0.25) is 4.79 Å². The molecule has 0 unspecified atom stereocenters. The van der Waals surface area contributed by atoms with Gasteiger partial charge in [-0.05, 0) is 48.7 Å². The van der Waals surface area contributed by atoms with E-state index in [0.29, 0.717) is 22.6 Å². The molecule has 1 heterocycles. The molecule has 0 atom stereocenters. The first kappa shape index (κ1) is 20.1. The van der Waals surface area contributed by atoms with E-state index >= 15 is 0 Å². The molecule has 148 valence electrons. The molecule has 0 aliphatic rings. The highest BCUT2D eigenvalue weighted by Gasteiger charge is 2.13. The van der Waals surface area contributed by atoms with Crippen LogP contribution in [0.15, 0.2) is 60.8 Å². The van der Waals surface area contributed by atoms with Crippen molar-refractivity contribution in [1.29, 1.82) is 0 Å². The lowest BCUT2D eigenvalue weighted by atomic mass is 10.1. The average molecular weight is 389 g/mol. The number of ether oxygens (including phenoxy) is 1. The third-order valence-corrected chi connectivity index (χ3v) is 4.60. The zero-order chi connectivity index (χ0) is 20.8. The number of amides is 1. The Morgan fingerprint density at radius 2 is 1.83 bits per heavy atom.